The standard InChI is InChI=1S/C19H23NO4/c1-4-8-16(15-9-6-5-7-10-15)20-18(21)14(3)24-19(22)17-13(2)11-12-23-17/h5-7,9-12,14,16H,4,8H2,1-3H3,(H,20,21)/t14-,16-/m0/s1. The fourth-order valence-corrected chi connectivity index (χ4v) is 2.43. The molecule has 0 bridgehead atoms. The van der Waals surface area contributed by atoms with E-state index in [0.717, 1.165) is 18.4 Å². The van der Waals surface area contributed by atoms with Crippen molar-refractivity contribution >= 4 is 11.9 Å². The summed E-state index contributed by atoms with van der Waals surface area (Å²) in [6.45, 7) is 5.36. The molecular formula is C19H23NO4. The summed E-state index contributed by atoms with van der Waals surface area (Å²) in [6, 6.07) is 11.3. The topological polar surface area (TPSA) is 68.5 Å². The summed E-state index contributed by atoms with van der Waals surface area (Å²) in [5.41, 5.74) is 1.72. The van der Waals surface area contributed by atoms with Gasteiger partial charge in [-0.05, 0) is 31.9 Å². The van der Waals surface area contributed by atoms with Gasteiger partial charge < -0.3 is 14.5 Å². The minimum absolute atomic E-state index is 0.102. The van der Waals surface area contributed by atoms with Crippen LogP contribution in [0.15, 0.2) is 47.1 Å². The number of carbonyl (C=O) groups excluding carboxylic acids is 2. The van der Waals surface area contributed by atoms with Crippen LogP contribution < -0.4 is 5.32 Å². The first-order valence-electron chi connectivity index (χ1n) is 8.13. The highest BCUT2D eigenvalue weighted by atomic mass is 16.6. The number of benzene rings is 1. The number of amides is 1. The predicted molar refractivity (Wildman–Crippen MR) is 90.6 cm³/mol. The van der Waals surface area contributed by atoms with Gasteiger partial charge in [0, 0.05) is 5.56 Å². The first-order valence-corrected chi connectivity index (χ1v) is 8.13. The summed E-state index contributed by atoms with van der Waals surface area (Å²) in [6.07, 6.45) is 2.27. The fraction of sp³-hybridized carbons (Fsp3) is 0.368. The minimum atomic E-state index is -0.898. The van der Waals surface area contributed by atoms with Crippen LogP contribution in [-0.2, 0) is 9.53 Å². The van der Waals surface area contributed by atoms with Crippen LogP contribution in [0.3, 0.4) is 0 Å². The molecule has 128 valence electrons. The molecule has 1 aromatic carbocycles. The molecule has 0 aliphatic heterocycles. The maximum Gasteiger partial charge on any atom is 0.375 e. The number of nitrogens with one attached hydrogen (secondary N) is 1. The van der Waals surface area contributed by atoms with E-state index in [1.807, 2.05) is 30.3 Å². The molecule has 0 fully saturated rings. The van der Waals surface area contributed by atoms with Crippen LogP contribution >= 0.6 is 0 Å². The Morgan fingerprint density at radius 3 is 2.50 bits per heavy atom. The van der Waals surface area contributed by atoms with Gasteiger partial charge in [-0.3, -0.25) is 4.79 Å². The maximum absolute atomic E-state index is 12.4. The van der Waals surface area contributed by atoms with Crippen molar-refractivity contribution in [1.82, 2.24) is 5.32 Å². The monoisotopic (exact) mass is 329 g/mol. The van der Waals surface area contributed by atoms with Crippen molar-refractivity contribution in [3.05, 3.63) is 59.5 Å². The number of ether oxygens (including phenoxy) is 1. The van der Waals surface area contributed by atoms with Gasteiger partial charge in [-0.2, -0.15) is 0 Å². The van der Waals surface area contributed by atoms with Crippen LogP contribution in [-0.4, -0.2) is 18.0 Å². The Hall–Kier alpha value is -2.56. The molecule has 1 N–H and O–H groups in total. The zero-order chi connectivity index (χ0) is 17.5. The molecule has 2 atom stereocenters. The molecule has 0 saturated heterocycles. The lowest BCUT2D eigenvalue weighted by atomic mass is 10.0. The minimum Gasteiger partial charge on any atom is -0.457 e. The number of hydrogen-bond acceptors (Lipinski definition) is 4. The molecule has 0 unspecified atom stereocenters. The van der Waals surface area contributed by atoms with Crippen molar-refractivity contribution in [1.29, 1.82) is 0 Å². The Labute approximate surface area is 142 Å². The lowest BCUT2D eigenvalue weighted by Crippen LogP contribution is -2.38. The molecule has 1 heterocycles. The normalized spacial score (nSPS) is 13.1. The predicted octanol–water partition coefficient (Wildman–Crippen LogP) is 3.79. The van der Waals surface area contributed by atoms with Gasteiger partial charge in [-0.25, -0.2) is 4.79 Å². The molecule has 0 saturated carbocycles. The molecule has 1 amide bonds. The first-order chi connectivity index (χ1) is 11.5. The van der Waals surface area contributed by atoms with E-state index >= 15 is 0 Å². The van der Waals surface area contributed by atoms with Crippen molar-refractivity contribution in [3.63, 3.8) is 0 Å². The van der Waals surface area contributed by atoms with E-state index in [1.165, 1.54) is 6.26 Å². The van der Waals surface area contributed by atoms with E-state index in [-0.39, 0.29) is 17.7 Å². The second-order valence-electron chi connectivity index (χ2n) is 5.74. The highest BCUT2D eigenvalue weighted by molar-refractivity contribution is 5.91. The molecule has 0 aliphatic carbocycles. The van der Waals surface area contributed by atoms with E-state index in [1.54, 1.807) is 19.9 Å². The molecule has 0 radical (unpaired) electrons. The van der Waals surface area contributed by atoms with Gasteiger partial charge >= 0.3 is 5.97 Å². The van der Waals surface area contributed by atoms with Crippen LogP contribution in [0, 0.1) is 6.92 Å². The van der Waals surface area contributed by atoms with Crippen LogP contribution in [0.4, 0.5) is 0 Å². The summed E-state index contributed by atoms with van der Waals surface area (Å²) in [4.78, 5) is 24.4. The van der Waals surface area contributed by atoms with Gasteiger partial charge in [0.1, 0.15) is 0 Å². The quantitative estimate of drug-likeness (QED) is 0.785. The Bertz CT molecular complexity index is 678. The largest absolute Gasteiger partial charge is 0.457 e. The highest BCUT2D eigenvalue weighted by Crippen LogP contribution is 2.19. The van der Waals surface area contributed by atoms with E-state index in [0.29, 0.717) is 5.56 Å². The molecule has 5 heteroatoms. The Balaban J connectivity index is 1.99. The van der Waals surface area contributed by atoms with Crippen molar-refractivity contribution in [2.75, 3.05) is 0 Å². The van der Waals surface area contributed by atoms with E-state index < -0.39 is 12.1 Å². The second-order valence-corrected chi connectivity index (χ2v) is 5.74. The molecule has 1 aromatic heterocycles. The van der Waals surface area contributed by atoms with E-state index in [9.17, 15) is 9.59 Å². The summed E-state index contributed by atoms with van der Waals surface area (Å²) in [7, 11) is 0. The SMILES string of the molecule is CCC[C@H](NC(=O)[C@H](C)OC(=O)c1occc1C)c1ccccc1. The van der Waals surface area contributed by atoms with Crippen LogP contribution in [0.1, 0.15) is 54.4 Å². The number of rotatable bonds is 7. The van der Waals surface area contributed by atoms with Crippen molar-refractivity contribution in [2.24, 2.45) is 0 Å². The average molecular weight is 329 g/mol. The van der Waals surface area contributed by atoms with E-state index in [4.69, 9.17) is 9.15 Å². The number of hydrogen-bond donors (Lipinski definition) is 1. The maximum atomic E-state index is 12.4. The molecule has 0 aliphatic rings. The third-order valence-electron chi connectivity index (χ3n) is 3.80. The van der Waals surface area contributed by atoms with Crippen LogP contribution in [0.5, 0.6) is 0 Å². The number of aryl methyl sites for hydroxylation is 1. The van der Waals surface area contributed by atoms with Gasteiger partial charge in [-0.1, -0.05) is 43.7 Å². The number of esters is 1. The lowest BCUT2D eigenvalue weighted by molar-refractivity contribution is -0.130. The highest BCUT2D eigenvalue weighted by Gasteiger charge is 2.24. The average Bonchev–Trinajstić information content (AvgIpc) is 3.01. The van der Waals surface area contributed by atoms with Gasteiger partial charge in [0.25, 0.3) is 5.91 Å². The first kappa shape index (κ1) is 17.8. The second kappa shape index (κ2) is 8.34. The third kappa shape index (κ3) is 4.47. The number of furan rings is 1. The molecule has 2 aromatic rings. The lowest BCUT2D eigenvalue weighted by Gasteiger charge is -2.21. The Morgan fingerprint density at radius 1 is 1.21 bits per heavy atom. The van der Waals surface area contributed by atoms with Crippen molar-refractivity contribution in [2.45, 2.75) is 45.8 Å². The van der Waals surface area contributed by atoms with Gasteiger partial charge in [-0.15, -0.1) is 0 Å². The van der Waals surface area contributed by atoms with Crippen LogP contribution in [0.2, 0.25) is 0 Å². The summed E-state index contributed by atoms with van der Waals surface area (Å²) in [5.74, 6) is -0.829. The van der Waals surface area contributed by atoms with Crippen molar-refractivity contribution < 1.29 is 18.7 Å². The zero-order valence-electron chi connectivity index (χ0n) is 14.2. The van der Waals surface area contributed by atoms with Gasteiger partial charge in [0.2, 0.25) is 5.76 Å². The van der Waals surface area contributed by atoms with Gasteiger partial charge in [0.15, 0.2) is 6.10 Å². The molecule has 2 rings (SSSR count). The number of carbonyl (C=O) groups is 2. The van der Waals surface area contributed by atoms with Gasteiger partial charge in [0.05, 0.1) is 12.3 Å². The zero-order valence-corrected chi connectivity index (χ0v) is 14.2. The Kier molecular flexibility index (Phi) is 6.18. The molecule has 0 spiro atoms. The third-order valence-corrected chi connectivity index (χ3v) is 3.80. The molecule has 24 heavy (non-hydrogen) atoms. The molecule has 5 nitrogen and oxygen atoms in total. The fourth-order valence-electron chi connectivity index (χ4n) is 2.43. The summed E-state index contributed by atoms with van der Waals surface area (Å²) >= 11 is 0. The summed E-state index contributed by atoms with van der Waals surface area (Å²) < 4.78 is 10.3. The van der Waals surface area contributed by atoms with Crippen LogP contribution in [0.25, 0.3) is 0 Å². The molecular weight excluding hydrogens is 306 g/mol. The summed E-state index contributed by atoms with van der Waals surface area (Å²) in [5, 5.41) is 2.95. The smallest absolute Gasteiger partial charge is 0.375 e. The Morgan fingerprint density at radius 2 is 1.92 bits per heavy atom. The van der Waals surface area contributed by atoms with E-state index in [2.05, 4.69) is 12.2 Å². The van der Waals surface area contributed by atoms with Crippen molar-refractivity contribution in [3.8, 4) is 0 Å².